The maximum Gasteiger partial charge on any atom is 1.00 e. The van der Waals surface area contributed by atoms with Gasteiger partial charge in [0.1, 0.15) is 23.0 Å². The number of benzene rings is 12. The van der Waals surface area contributed by atoms with Crippen LogP contribution in [0.3, 0.4) is 0 Å². The molecule has 18 heteroatoms. The van der Waals surface area contributed by atoms with E-state index >= 15 is 4.57 Å². The van der Waals surface area contributed by atoms with Crippen LogP contribution in [0.1, 0.15) is 304 Å². The van der Waals surface area contributed by atoms with Crippen molar-refractivity contribution in [1.29, 1.82) is 0 Å². The summed E-state index contributed by atoms with van der Waals surface area (Å²) in [6.45, 7) is 53.7. The molecule has 12 aromatic carbocycles. The molecule has 0 amide bonds. The molecule has 0 N–H and O–H groups in total. The van der Waals surface area contributed by atoms with Crippen LogP contribution in [0.25, 0.3) is 110 Å². The third kappa shape index (κ3) is 18.4. The van der Waals surface area contributed by atoms with E-state index in [0.29, 0.717) is 53.8 Å². The molecule has 11 nitrogen and oxygen atoms in total. The van der Waals surface area contributed by atoms with E-state index in [4.69, 9.17) is 22.6 Å². The van der Waals surface area contributed by atoms with E-state index in [1.165, 1.54) is 73.9 Å². The summed E-state index contributed by atoms with van der Waals surface area (Å²) in [6, 6.07) is 61.0. The van der Waals surface area contributed by atoms with Crippen LogP contribution in [0.15, 0.2) is 170 Å². The van der Waals surface area contributed by atoms with Gasteiger partial charge in [0.05, 0.1) is 7.11 Å². The van der Waals surface area contributed by atoms with E-state index in [2.05, 4.69) is 328 Å². The van der Waals surface area contributed by atoms with Gasteiger partial charge in [0.2, 0.25) is 0 Å². The van der Waals surface area contributed by atoms with E-state index in [0.717, 1.165) is 110 Å². The second kappa shape index (κ2) is 36.6. The topological polar surface area (TPSA) is 147 Å². The summed E-state index contributed by atoms with van der Waals surface area (Å²) in [5.74, 6) is 4.67. The Bertz CT molecular complexity index is 5710. The standard InChI is InChI=1S/C51H59O4P.C50H57O4P.C2H3F3O3S.Na/c1-28(2)36-24-40(30(5)6)46(41(25-36)31(7)8)44-22-34-18-14-16-20-38(34)48-49-39-21-17-15-19-35(39)23-45(51(49)55-56(52,53-13)54-50(44)48)47-42(32(9)10)26-37(29(3)4)27-43(47)33(11)12;1-27(2)35-23-39(29(5)6)45(40(24-35)30(7)8)43-21-33-17-13-15-19-37(33)47-48-38-20-16-14-18-34(38)22-44(50(48)54-55(51,52)53-49(43)47)46-41(31(9)10)25-36(28(3)4)26-42(46)32(11)12;1-8-9(6,7)2(3,4)5;/h14-33H,1-13H3;13-32H,1-12H3,(H,51,52);1H3;/q;;;+1/p-1. The first-order valence-electron chi connectivity index (χ1n) is 42.4. The van der Waals surface area contributed by atoms with Crippen molar-refractivity contribution in [3.63, 3.8) is 0 Å². The van der Waals surface area contributed by atoms with Crippen LogP contribution >= 0.6 is 15.6 Å². The Labute approximate surface area is 738 Å². The molecular formula is C103H118F3NaO11P2S. The molecule has 0 saturated heterocycles. The Kier molecular flexibility index (Phi) is 28.4. The van der Waals surface area contributed by atoms with Crippen molar-refractivity contribution in [3.8, 4) is 89.8 Å². The number of alkyl halides is 3. The van der Waals surface area contributed by atoms with Crippen molar-refractivity contribution in [2.24, 2.45) is 0 Å². The molecule has 0 fully saturated rings. The summed E-state index contributed by atoms with van der Waals surface area (Å²) in [5, 5.41) is 7.99. The Morgan fingerprint density at radius 1 is 0.306 bits per heavy atom. The minimum absolute atomic E-state index is 0. The molecule has 14 rings (SSSR count). The maximum atomic E-state index is 15.3. The predicted molar refractivity (Wildman–Crippen MR) is 491 cm³/mol. The third-order valence-corrected chi connectivity index (χ3v) is 26.7. The van der Waals surface area contributed by atoms with Gasteiger partial charge in [-0.15, -0.1) is 0 Å². The number of fused-ring (bicyclic) bond motifs is 14. The van der Waals surface area contributed by atoms with Gasteiger partial charge in [-0.3, -0.25) is 8.71 Å². The van der Waals surface area contributed by atoms with Crippen molar-refractivity contribution in [2.45, 2.75) is 243 Å². The molecule has 0 atom stereocenters. The fraction of sp³-hybridized carbons (Fsp3) is 0.379. The van der Waals surface area contributed by atoms with Crippen LogP contribution in [-0.2, 0) is 28.0 Å². The summed E-state index contributed by atoms with van der Waals surface area (Å²) in [4.78, 5) is 14.6. The third-order valence-electron chi connectivity index (χ3n) is 23.7. The van der Waals surface area contributed by atoms with Crippen molar-refractivity contribution >= 4 is 68.9 Å². The number of hydrogen-bond donors (Lipinski definition) is 0. The fourth-order valence-corrected chi connectivity index (χ4v) is 19.2. The first-order chi connectivity index (χ1) is 56.3. The first kappa shape index (κ1) is 93.7. The van der Waals surface area contributed by atoms with E-state index in [9.17, 15) is 31.0 Å². The van der Waals surface area contributed by atoms with Crippen LogP contribution in [0.4, 0.5) is 13.2 Å². The summed E-state index contributed by atoms with van der Waals surface area (Å²) < 4.78 is 118. The molecule has 121 heavy (non-hydrogen) atoms. The molecule has 2 heterocycles. The van der Waals surface area contributed by atoms with E-state index in [1.54, 1.807) is 0 Å². The van der Waals surface area contributed by atoms with Crippen molar-refractivity contribution in [2.75, 3.05) is 14.2 Å². The van der Waals surface area contributed by atoms with E-state index in [-0.39, 0.29) is 76.9 Å². The molecule has 0 radical (unpaired) electrons. The second-order valence-corrected chi connectivity index (χ2v) is 40.6. The van der Waals surface area contributed by atoms with Crippen LogP contribution in [0, 0.1) is 0 Å². The fourth-order valence-electron chi connectivity index (χ4n) is 17.1. The normalized spacial score (nSPS) is 13.8. The van der Waals surface area contributed by atoms with Gasteiger partial charge < -0.3 is 23.0 Å². The SMILES string of the molecule is CC(C)c1cc(C(C)C)c(-c2cc3ccccc3c3c2OP(=O)([O-])Oc2c(-c4c(C(C)C)cc(C(C)C)cc4C(C)C)cc4ccccc4c2-3)c(C(C)C)c1.COP1(=O)Oc2c(-c3c(C(C)C)cc(C(C)C)cc3C(C)C)cc3ccccc3c2-c2c(c(-c3c(C(C)C)cc(C(C)C)cc3C(C)C)cc3ccccc23)O1.COS(=O)(=O)C(F)(F)F.[Na+]. The molecule has 634 valence electrons. The Morgan fingerprint density at radius 3 is 0.653 bits per heavy atom. The Balaban J connectivity index is 0.000000213. The number of halogens is 3. The van der Waals surface area contributed by atoms with Gasteiger partial charge >= 0.3 is 60.8 Å². The maximum absolute atomic E-state index is 15.3. The molecule has 0 unspecified atom stereocenters. The van der Waals surface area contributed by atoms with Gasteiger partial charge in [-0.25, -0.2) is 9.13 Å². The summed E-state index contributed by atoms with van der Waals surface area (Å²) in [5.41, 5.74) is 20.4. The van der Waals surface area contributed by atoms with Gasteiger partial charge in [0, 0.05) is 51.6 Å². The first-order valence-corrected chi connectivity index (χ1v) is 46.8. The minimum atomic E-state index is -5.34. The number of rotatable bonds is 18. The van der Waals surface area contributed by atoms with Crippen LogP contribution in [0.2, 0.25) is 0 Å². The molecule has 0 aromatic heterocycles. The minimum Gasteiger partial charge on any atom is -0.736 e. The molecule has 0 aliphatic carbocycles. The van der Waals surface area contributed by atoms with E-state index < -0.39 is 31.3 Å². The smallest absolute Gasteiger partial charge is 0.736 e. The zero-order chi connectivity index (χ0) is 87.8. The zero-order valence-electron chi connectivity index (χ0n) is 75.5. The van der Waals surface area contributed by atoms with Crippen molar-refractivity contribution in [1.82, 2.24) is 0 Å². The van der Waals surface area contributed by atoms with Gasteiger partial charge in [-0.1, -0.05) is 312 Å². The van der Waals surface area contributed by atoms with Gasteiger partial charge in [-0.05, 0) is 227 Å². The summed E-state index contributed by atoms with van der Waals surface area (Å²) in [7, 11) is -12.7. The molecular weight excluding hydrogens is 1590 g/mol. The van der Waals surface area contributed by atoms with Gasteiger partial charge in [-0.2, -0.15) is 21.6 Å². The van der Waals surface area contributed by atoms with Crippen molar-refractivity contribution < 1.29 is 92.0 Å². The predicted octanol–water partition coefficient (Wildman–Crippen LogP) is 28.7. The second-order valence-electron chi connectivity index (χ2n) is 36.1. The number of phosphoric acid groups is 2. The number of phosphoric ester groups is 2. The van der Waals surface area contributed by atoms with Crippen LogP contribution < -0.4 is 52.5 Å². The van der Waals surface area contributed by atoms with Crippen molar-refractivity contribution in [3.05, 3.63) is 237 Å². The monoisotopic (exact) mass is 1700 g/mol. The number of hydrogen-bond acceptors (Lipinski definition) is 11. The molecule has 2 aliphatic heterocycles. The molecule has 12 aromatic rings. The molecule has 0 spiro atoms. The average Bonchev–Trinajstić information content (AvgIpc) is 1.66. The van der Waals surface area contributed by atoms with E-state index in [1.807, 2.05) is 12.1 Å². The average molecular weight is 1710 g/mol. The molecule has 2 aliphatic rings. The van der Waals surface area contributed by atoms with Crippen LogP contribution in [0.5, 0.6) is 23.0 Å². The zero-order valence-corrected chi connectivity index (χ0v) is 80.1. The van der Waals surface area contributed by atoms with Crippen LogP contribution in [-0.4, -0.2) is 28.1 Å². The summed E-state index contributed by atoms with van der Waals surface area (Å²) in [6.07, 6.45) is 0. The Morgan fingerprint density at radius 2 is 0.496 bits per heavy atom. The van der Waals surface area contributed by atoms with Gasteiger partial charge in [0.25, 0.3) is 0 Å². The Hall–Kier alpha value is -8.04. The molecule has 0 saturated carbocycles. The largest absolute Gasteiger partial charge is 1.00 e. The summed E-state index contributed by atoms with van der Waals surface area (Å²) >= 11 is 0. The quantitative estimate of drug-likeness (QED) is 0.0350. The van der Waals surface area contributed by atoms with Gasteiger partial charge in [0.15, 0.2) is 0 Å². The molecule has 0 bridgehead atoms.